The lowest BCUT2D eigenvalue weighted by molar-refractivity contribution is -0.318. The number of aromatic nitrogens is 4. The van der Waals surface area contributed by atoms with Crippen LogP contribution >= 0.6 is 0 Å². The van der Waals surface area contributed by atoms with Crippen LogP contribution in [0.15, 0.2) is 18.9 Å². The van der Waals surface area contributed by atoms with Crippen molar-refractivity contribution in [2.24, 2.45) is 0 Å². The largest absolute Gasteiger partial charge is 0.388 e. The molecule has 0 amide bonds. The van der Waals surface area contributed by atoms with Crippen LogP contribution in [-0.2, 0) is 4.74 Å². The number of hydrogen-bond donors (Lipinski definition) is 3. The van der Waals surface area contributed by atoms with Gasteiger partial charge in [-0.3, -0.25) is 4.57 Å². The Bertz CT molecular complexity index is 604. The number of fused-ring (bicyclic) bond motifs is 1. The molecule has 0 aliphatic carbocycles. The number of alkyl halides is 1. The minimum atomic E-state index is -3.16. The number of hydrogen-bond acceptors (Lipinski definition) is 7. The maximum Gasteiger partial charge on any atom is 0.281 e. The maximum absolute atomic E-state index is 14.2. The molecule has 1 aliphatic heterocycles. The zero-order chi connectivity index (χ0) is 13.6. The third-order valence-corrected chi connectivity index (χ3v) is 3.04. The van der Waals surface area contributed by atoms with Crippen molar-refractivity contribution in [2.75, 3.05) is 6.61 Å². The molecule has 0 radical (unpaired) electrons. The van der Waals surface area contributed by atoms with Crippen LogP contribution in [0.2, 0.25) is 0 Å². The number of halogens is 1. The minimum absolute atomic E-state index is 0.250. The van der Waals surface area contributed by atoms with Gasteiger partial charge in [0.2, 0.25) is 0 Å². The maximum atomic E-state index is 14.2. The van der Waals surface area contributed by atoms with Crippen LogP contribution in [0.3, 0.4) is 0 Å². The molecule has 1 fully saturated rings. The Hall–Kier alpha value is -1.68. The van der Waals surface area contributed by atoms with Crippen molar-refractivity contribution >= 4 is 11.2 Å². The predicted octanol–water partition coefficient (Wildman–Crippen LogP) is -1.27. The van der Waals surface area contributed by atoms with Crippen LogP contribution in [0.25, 0.3) is 11.2 Å². The molecule has 2 aromatic heterocycles. The van der Waals surface area contributed by atoms with Crippen molar-refractivity contribution in [3.63, 3.8) is 0 Å². The van der Waals surface area contributed by atoms with E-state index < -0.39 is 24.3 Å². The summed E-state index contributed by atoms with van der Waals surface area (Å²) >= 11 is 0. The number of imidazole rings is 1. The third-order valence-electron chi connectivity index (χ3n) is 3.04. The summed E-state index contributed by atoms with van der Waals surface area (Å²) in [4.78, 5) is 11.6. The summed E-state index contributed by atoms with van der Waals surface area (Å²) in [5.74, 6) is -3.16. The molecule has 3 heterocycles. The quantitative estimate of drug-likeness (QED) is 0.592. The number of ether oxygens (including phenoxy) is 1. The summed E-state index contributed by atoms with van der Waals surface area (Å²) in [5, 5.41) is 28.6. The van der Waals surface area contributed by atoms with Crippen molar-refractivity contribution in [2.45, 2.75) is 24.3 Å². The molecule has 0 spiro atoms. The highest BCUT2D eigenvalue weighted by Crippen LogP contribution is 2.36. The topological polar surface area (TPSA) is 114 Å². The smallest absolute Gasteiger partial charge is 0.281 e. The van der Waals surface area contributed by atoms with Crippen LogP contribution in [-0.4, -0.2) is 59.5 Å². The normalized spacial score (nSPS) is 35.7. The Kier molecular flexibility index (Phi) is 2.71. The highest BCUT2D eigenvalue weighted by atomic mass is 19.2. The summed E-state index contributed by atoms with van der Waals surface area (Å²) in [7, 11) is 0. The highest BCUT2D eigenvalue weighted by molar-refractivity contribution is 5.69. The lowest BCUT2D eigenvalue weighted by atomic mass is 10.0. The van der Waals surface area contributed by atoms with Crippen molar-refractivity contribution in [3.05, 3.63) is 18.9 Å². The lowest BCUT2D eigenvalue weighted by Gasteiger charge is -2.39. The van der Waals surface area contributed by atoms with Crippen LogP contribution < -0.4 is 0 Å². The van der Waals surface area contributed by atoms with Gasteiger partial charge in [-0.1, -0.05) is 0 Å². The number of aliphatic hydroxyl groups excluding tert-OH is 2. The summed E-state index contributed by atoms with van der Waals surface area (Å²) in [6, 6.07) is 0. The zero-order valence-corrected chi connectivity index (χ0v) is 9.59. The first kappa shape index (κ1) is 12.4. The molecular weight excluding hydrogens is 259 g/mol. The van der Waals surface area contributed by atoms with E-state index in [-0.39, 0.29) is 12.3 Å². The van der Waals surface area contributed by atoms with Crippen LogP contribution in [0, 0.1) is 0 Å². The van der Waals surface area contributed by atoms with E-state index in [0.29, 0.717) is 5.52 Å². The zero-order valence-electron chi connectivity index (χ0n) is 9.59. The van der Waals surface area contributed by atoms with Crippen LogP contribution in [0.4, 0.5) is 4.39 Å². The molecule has 3 rings (SSSR count). The van der Waals surface area contributed by atoms with Gasteiger partial charge in [-0.25, -0.2) is 19.3 Å². The number of rotatable bonds is 1. The van der Waals surface area contributed by atoms with Crippen LogP contribution in [0.5, 0.6) is 0 Å². The van der Waals surface area contributed by atoms with Gasteiger partial charge in [0, 0.05) is 0 Å². The van der Waals surface area contributed by atoms with Gasteiger partial charge in [-0.15, -0.1) is 0 Å². The molecule has 8 nitrogen and oxygen atoms in total. The first-order valence-electron chi connectivity index (χ1n) is 5.53. The van der Waals surface area contributed by atoms with E-state index in [1.165, 1.54) is 18.9 Å². The Morgan fingerprint density at radius 1 is 1.42 bits per heavy atom. The van der Waals surface area contributed by atoms with Gasteiger partial charge >= 0.3 is 0 Å². The second-order valence-corrected chi connectivity index (χ2v) is 4.31. The molecular formula is C10H11FN4O4. The molecule has 3 N–H and O–H groups in total. The highest BCUT2D eigenvalue weighted by Gasteiger charge is 2.53. The molecule has 1 aliphatic rings. The first-order valence-corrected chi connectivity index (χ1v) is 5.53. The van der Waals surface area contributed by atoms with E-state index in [9.17, 15) is 19.7 Å². The Balaban J connectivity index is 2.06. The average Bonchev–Trinajstić information content (AvgIpc) is 2.80. The lowest BCUT2D eigenvalue weighted by Crippen LogP contribution is -2.57. The summed E-state index contributed by atoms with van der Waals surface area (Å²) < 4.78 is 20.4. The molecule has 0 aromatic carbocycles. The van der Waals surface area contributed by atoms with Crippen molar-refractivity contribution in [1.29, 1.82) is 0 Å². The van der Waals surface area contributed by atoms with Gasteiger partial charge in [0.05, 0.1) is 19.1 Å². The van der Waals surface area contributed by atoms with Crippen molar-refractivity contribution in [3.8, 4) is 0 Å². The molecule has 4 atom stereocenters. The SMILES string of the molecule is O[C@@H]1CO[C@@H](n2cnc3cncnc32)[C@](O)(F)[C@@H]1O. The van der Waals surface area contributed by atoms with Crippen molar-refractivity contribution < 1.29 is 24.4 Å². The van der Waals surface area contributed by atoms with E-state index >= 15 is 0 Å². The molecule has 1 saturated heterocycles. The average molecular weight is 270 g/mol. The fourth-order valence-corrected chi connectivity index (χ4v) is 2.05. The number of aliphatic hydroxyl groups is 3. The molecule has 0 bridgehead atoms. The van der Waals surface area contributed by atoms with Gasteiger partial charge in [0.1, 0.15) is 24.1 Å². The first-order chi connectivity index (χ1) is 9.01. The second-order valence-electron chi connectivity index (χ2n) is 4.31. The summed E-state index contributed by atoms with van der Waals surface area (Å²) in [6.45, 7) is -0.317. The Morgan fingerprint density at radius 2 is 2.21 bits per heavy atom. The molecule has 102 valence electrons. The van der Waals surface area contributed by atoms with E-state index in [0.717, 1.165) is 4.57 Å². The van der Waals surface area contributed by atoms with Gasteiger partial charge < -0.3 is 20.1 Å². The summed E-state index contributed by atoms with van der Waals surface area (Å²) in [5.41, 5.74) is 0.641. The van der Waals surface area contributed by atoms with Gasteiger partial charge in [0.25, 0.3) is 5.85 Å². The molecule has 19 heavy (non-hydrogen) atoms. The van der Waals surface area contributed by atoms with E-state index in [2.05, 4.69) is 15.0 Å². The molecule has 0 saturated carbocycles. The Morgan fingerprint density at radius 3 is 3.00 bits per heavy atom. The fraction of sp³-hybridized carbons (Fsp3) is 0.500. The molecule has 2 aromatic rings. The molecule has 9 heteroatoms. The van der Waals surface area contributed by atoms with Gasteiger partial charge in [0.15, 0.2) is 11.9 Å². The standard InChI is InChI=1S/C10H11FN4O4/c11-10(18)7(17)6(16)2-19-9(10)15-4-14-5-1-12-3-13-8(5)15/h1,3-4,6-7,9,16-18H,2H2/t6-,7-,9-,10+/m1/s1. The van der Waals surface area contributed by atoms with Crippen molar-refractivity contribution in [1.82, 2.24) is 19.5 Å². The van der Waals surface area contributed by atoms with E-state index in [1.807, 2.05) is 0 Å². The minimum Gasteiger partial charge on any atom is -0.388 e. The van der Waals surface area contributed by atoms with Crippen LogP contribution in [0.1, 0.15) is 6.23 Å². The van der Waals surface area contributed by atoms with E-state index in [4.69, 9.17) is 4.74 Å². The van der Waals surface area contributed by atoms with Gasteiger partial charge in [-0.05, 0) is 0 Å². The second kappa shape index (κ2) is 4.17. The molecule has 0 unspecified atom stereocenters. The fourth-order valence-electron chi connectivity index (χ4n) is 2.05. The van der Waals surface area contributed by atoms with Gasteiger partial charge in [-0.2, -0.15) is 0 Å². The van der Waals surface area contributed by atoms with E-state index in [1.54, 1.807) is 0 Å². The monoisotopic (exact) mass is 270 g/mol. The predicted molar refractivity (Wildman–Crippen MR) is 58.4 cm³/mol. The number of nitrogens with zero attached hydrogens (tertiary/aromatic N) is 4. The summed E-state index contributed by atoms with van der Waals surface area (Å²) in [6.07, 6.45) is -1.15. The Labute approximate surface area is 106 Å². The third kappa shape index (κ3) is 1.78.